The quantitative estimate of drug-likeness (QED) is 0.392. The summed E-state index contributed by atoms with van der Waals surface area (Å²) in [6.07, 6.45) is 0.0116. The van der Waals surface area contributed by atoms with Crippen molar-refractivity contribution in [1.82, 2.24) is 9.80 Å². The van der Waals surface area contributed by atoms with Crippen LogP contribution >= 0.6 is 0 Å². The van der Waals surface area contributed by atoms with Crippen LogP contribution in [0, 0.1) is 0 Å². The van der Waals surface area contributed by atoms with Crippen molar-refractivity contribution in [3.63, 3.8) is 0 Å². The van der Waals surface area contributed by atoms with Gasteiger partial charge in [0.1, 0.15) is 11.5 Å². The summed E-state index contributed by atoms with van der Waals surface area (Å²) in [6.45, 7) is 4.86. The van der Waals surface area contributed by atoms with Gasteiger partial charge in [-0.15, -0.1) is 0 Å². The molecule has 174 valence electrons. The van der Waals surface area contributed by atoms with E-state index in [2.05, 4.69) is 0 Å². The van der Waals surface area contributed by atoms with E-state index in [0.717, 1.165) is 0 Å². The second-order valence-corrected chi connectivity index (χ2v) is 8.60. The minimum atomic E-state index is -0.744. The molecule has 0 bridgehead atoms. The summed E-state index contributed by atoms with van der Waals surface area (Å²) in [4.78, 5) is 29.5. The summed E-state index contributed by atoms with van der Waals surface area (Å²) in [5, 5.41) is 11.2. The zero-order valence-corrected chi connectivity index (χ0v) is 19.2. The van der Waals surface area contributed by atoms with E-state index in [4.69, 9.17) is 14.2 Å². The van der Waals surface area contributed by atoms with E-state index in [1.807, 2.05) is 32.8 Å². The van der Waals surface area contributed by atoms with Crippen molar-refractivity contribution in [2.75, 3.05) is 34.0 Å². The number of likely N-dealkylation sites (tertiary alicyclic amines) is 1. The predicted molar refractivity (Wildman–Crippen MR) is 122 cm³/mol. The fraction of sp³-hybridized carbons (Fsp3) is 0.360. The maximum Gasteiger partial charge on any atom is 0.295 e. The molecule has 2 aliphatic heterocycles. The highest BCUT2D eigenvalue weighted by Gasteiger charge is 2.46. The van der Waals surface area contributed by atoms with Crippen LogP contribution < -0.4 is 14.2 Å². The largest absolute Gasteiger partial charge is 0.507 e. The molecule has 0 radical (unpaired) electrons. The van der Waals surface area contributed by atoms with E-state index < -0.39 is 17.7 Å². The first-order valence-electron chi connectivity index (χ1n) is 10.9. The zero-order chi connectivity index (χ0) is 23.7. The van der Waals surface area contributed by atoms with Gasteiger partial charge in [-0.05, 0) is 69.9 Å². The smallest absolute Gasteiger partial charge is 0.295 e. The van der Waals surface area contributed by atoms with Crippen LogP contribution in [-0.4, -0.2) is 66.7 Å². The van der Waals surface area contributed by atoms with Crippen molar-refractivity contribution in [1.29, 1.82) is 0 Å². The summed E-state index contributed by atoms with van der Waals surface area (Å²) in [5.74, 6) is 0.225. The Labute approximate surface area is 193 Å². The molecule has 0 aliphatic carbocycles. The number of Topliss-reactive ketones (excluding diaryl/α,β-unsaturated/α-hetero) is 1. The van der Waals surface area contributed by atoms with Gasteiger partial charge in [0.15, 0.2) is 11.5 Å². The number of ether oxygens (including phenoxy) is 3. The number of benzene rings is 2. The number of hydrogen-bond donors (Lipinski definition) is 1. The SMILES string of the molecule is CC(C)Oc1ccc(/C(O)=C2/C(=O)C(=O)N(CCN(C)C)C2c2ccc3c(c2)OCO3)cc1. The van der Waals surface area contributed by atoms with Crippen LogP contribution in [0.1, 0.15) is 31.0 Å². The molecule has 2 heterocycles. The Morgan fingerprint density at radius 1 is 1.12 bits per heavy atom. The van der Waals surface area contributed by atoms with Crippen molar-refractivity contribution < 1.29 is 28.9 Å². The molecule has 2 aromatic rings. The number of rotatable bonds is 7. The normalized spacial score (nSPS) is 19.1. The Bertz CT molecular complexity index is 1090. The van der Waals surface area contributed by atoms with Crippen LogP contribution in [0.3, 0.4) is 0 Å². The molecule has 33 heavy (non-hydrogen) atoms. The number of amides is 1. The Morgan fingerprint density at radius 2 is 1.82 bits per heavy atom. The molecule has 4 rings (SSSR count). The Kier molecular flexibility index (Phi) is 6.29. The second-order valence-electron chi connectivity index (χ2n) is 8.60. The molecule has 1 saturated heterocycles. The third-order valence-corrected chi connectivity index (χ3v) is 5.54. The highest BCUT2D eigenvalue weighted by atomic mass is 16.7. The minimum Gasteiger partial charge on any atom is -0.507 e. The number of carbonyl (C=O) groups is 2. The fourth-order valence-electron chi connectivity index (χ4n) is 3.97. The summed E-state index contributed by atoms with van der Waals surface area (Å²) in [5.41, 5.74) is 1.15. The summed E-state index contributed by atoms with van der Waals surface area (Å²) in [7, 11) is 3.79. The van der Waals surface area contributed by atoms with Gasteiger partial charge in [0, 0.05) is 18.7 Å². The molecule has 1 N–H and O–H groups in total. The van der Waals surface area contributed by atoms with Crippen LogP contribution in [0.15, 0.2) is 48.0 Å². The number of fused-ring (bicyclic) bond motifs is 1. The predicted octanol–water partition coefficient (Wildman–Crippen LogP) is 3.19. The lowest BCUT2D eigenvalue weighted by atomic mass is 9.95. The average Bonchev–Trinajstić information content (AvgIpc) is 3.34. The topological polar surface area (TPSA) is 88.5 Å². The average molecular weight is 453 g/mol. The fourth-order valence-corrected chi connectivity index (χ4v) is 3.97. The summed E-state index contributed by atoms with van der Waals surface area (Å²) in [6, 6.07) is 11.4. The molecule has 1 unspecified atom stereocenters. The van der Waals surface area contributed by atoms with Gasteiger partial charge in [0.2, 0.25) is 6.79 Å². The maximum absolute atomic E-state index is 13.1. The molecular weight excluding hydrogens is 424 g/mol. The first-order valence-corrected chi connectivity index (χ1v) is 10.9. The molecule has 1 fully saturated rings. The van der Waals surface area contributed by atoms with E-state index in [1.54, 1.807) is 42.5 Å². The van der Waals surface area contributed by atoms with Gasteiger partial charge < -0.3 is 29.1 Å². The number of aliphatic hydroxyl groups is 1. The van der Waals surface area contributed by atoms with Gasteiger partial charge in [0.05, 0.1) is 17.7 Å². The van der Waals surface area contributed by atoms with Gasteiger partial charge in [-0.2, -0.15) is 0 Å². The van der Waals surface area contributed by atoms with Crippen molar-refractivity contribution in [2.24, 2.45) is 0 Å². The van der Waals surface area contributed by atoms with Crippen molar-refractivity contribution in [3.05, 3.63) is 59.2 Å². The molecule has 0 saturated carbocycles. The molecule has 1 amide bonds. The third-order valence-electron chi connectivity index (χ3n) is 5.54. The summed E-state index contributed by atoms with van der Waals surface area (Å²) >= 11 is 0. The second kappa shape index (κ2) is 9.15. The van der Waals surface area contributed by atoms with Gasteiger partial charge in [-0.3, -0.25) is 9.59 Å². The number of aliphatic hydroxyl groups excluding tert-OH is 1. The number of hydrogen-bond acceptors (Lipinski definition) is 7. The Balaban J connectivity index is 1.78. The lowest BCUT2D eigenvalue weighted by Crippen LogP contribution is -2.35. The summed E-state index contributed by atoms with van der Waals surface area (Å²) < 4.78 is 16.6. The Hall–Kier alpha value is -3.52. The van der Waals surface area contributed by atoms with Gasteiger partial charge >= 0.3 is 0 Å². The first kappa shape index (κ1) is 22.7. The van der Waals surface area contributed by atoms with Crippen LogP contribution in [-0.2, 0) is 9.59 Å². The first-order chi connectivity index (χ1) is 15.8. The molecular formula is C25H28N2O6. The Morgan fingerprint density at radius 3 is 2.48 bits per heavy atom. The molecule has 2 aliphatic rings. The van der Waals surface area contributed by atoms with Crippen LogP contribution in [0.4, 0.5) is 0 Å². The van der Waals surface area contributed by atoms with Crippen molar-refractivity contribution in [3.8, 4) is 17.2 Å². The standard InChI is InChI=1S/C25H28N2O6/c1-15(2)33-18-8-5-16(6-9-18)23(28)21-22(17-7-10-19-20(13-17)32-14-31-19)27(12-11-26(3)4)25(30)24(21)29/h5-10,13,15,22,28H,11-12,14H2,1-4H3/b23-21-. The van der Waals surface area contributed by atoms with E-state index in [1.165, 1.54) is 4.90 Å². The highest BCUT2D eigenvalue weighted by Crippen LogP contribution is 2.43. The lowest BCUT2D eigenvalue weighted by molar-refractivity contribution is -0.140. The molecule has 8 nitrogen and oxygen atoms in total. The lowest BCUT2D eigenvalue weighted by Gasteiger charge is -2.26. The van der Waals surface area contributed by atoms with Crippen LogP contribution in [0.2, 0.25) is 0 Å². The zero-order valence-electron chi connectivity index (χ0n) is 19.2. The van der Waals surface area contributed by atoms with E-state index >= 15 is 0 Å². The van der Waals surface area contributed by atoms with Gasteiger partial charge in [-0.1, -0.05) is 6.07 Å². The van der Waals surface area contributed by atoms with Crippen molar-refractivity contribution >= 4 is 17.4 Å². The third kappa shape index (κ3) is 4.52. The van der Waals surface area contributed by atoms with Gasteiger partial charge in [0.25, 0.3) is 11.7 Å². The van der Waals surface area contributed by atoms with E-state index in [-0.39, 0.29) is 24.2 Å². The van der Waals surface area contributed by atoms with Crippen LogP contribution in [0.5, 0.6) is 17.2 Å². The minimum absolute atomic E-state index is 0.0116. The number of ketones is 1. The van der Waals surface area contributed by atoms with Gasteiger partial charge in [-0.25, -0.2) is 0 Å². The van der Waals surface area contributed by atoms with E-state index in [9.17, 15) is 14.7 Å². The molecule has 2 aromatic carbocycles. The monoisotopic (exact) mass is 452 g/mol. The van der Waals surface area contributed by atoms with Crippen molar-refractivity contribution in [2.45, 2.75) is 26.0 Å². The van der Waals surface area contributed by atoms with Crippen LogP contribution in [0.25, 0.3) is 5.76 Å². The molecule has 1 atom stereocenters. The number of carbonyl (C=O) groups excluding carboxylic acids is 2. The number of likely N-dealkylation sites (N-methyl/N-ethyl adjacent to an activating group) is 1. The molecule has 0 spiro atoms. The van der Waals surface area contributed by atoms with E-state index in [0.29, 0.717) is 41.5 Å². The maximum atomic E-state index is 13.1. The molecule has 8 heteroatoms. The molecule has 0 aromatic heterocycles. The highest BCUT2D eigenvalue weighted by molar-refractivity contribution is 6.46. The number of nitrogens with zero attached hydrogens (tertiary/aromatic N) is 2.